The van der Waals surface area contributed by atoms with E-state index in [0.717, 1.165) is 29.4 Å². The maximum atomic E-state index is 12.4. The Balaban J connectivity index is 1.75. The molecule has 1 unspecified atom stereocenters. The molecule has 0 spiro atoms. The van der Waals surface area contributed by atoms with E-state index in [9.17, 15) is 4.79 Å². The predicted octanol–water partition coefficient (Wildman–Crippen LogP) is 2.34. The molecular formula is C18H23N3O2. The molecule has 122 valence electrons. The van der Waals surface area contributed by atoms with Gasteiger partial charge in [-0.15, -0.1) is 0 Å². The molecule has 2 aromatic rings. The van der Waals surface area contributed by atoms with E-state index in [0.29, 0.717) is 12.4 Å². The van der Waals surface area contributed by atoms with E-state index in [4.69, 9.17) is 4.74 Å². The SMILES string of the molecule is COc1nc2ccccc2cc1CNC1CCN(C(C)C)C1=O. The maximum absolute atomic E-state index is 12.4. The zero-order valence-corrected chi connectivity index (χ0v) is 13.9. The summed E-state index contributed by atoms with van der Waals surface area (Å²) in [7, 11) is 1.63. The largest absolute Gasteiger partial charge is 0.481 e. The molecule has 23 heavy (non-hydrogen) atoms. The van der Waals surface area contributed by atoms with E-state index < -0.39 is 0 Å². The first kappa shape index (κ1) is 15.7. The zero-order valence-electron chi connectivity index (χ0n) is 13.9. The van der Waals surface area contributed by atoms with Crippen LogP contribution in [0.4, 0.5) is 0 Å². The predicted molar refractivity (Wildman–Crippen MR) is 90.4 cm³/mol. The number of carbonyl (C=O) groups excluding carboxylic acids is 1. The van der Waals surface area contributed by atoms with Crippen LogP contribution in [0.15, 0.2) is 30.3 Å². The van der Waals surface area contributed by atoms with E-state index in [-0.39, 0.29) is 18.0 Å². The van der Waals surface area contributed by atoms with Gasteiger partial charge in [-0.3, -0.25) is 4.79 Å². The Morgan fingerprint density at radius 3 is 2.87 bits per heavy atom. The average Bonchev–Trinajstić information content (AvgIpc) is 2.93. The van der Waals surface area contributed by atoms with Crippen molar-refractivity contribution in [2.24, 2.45) is 0 Å². The molecule has 1 N–H and O–H groups in total. The second kappa shape index (κ2) is 6.54. The van der Waals surface area contributed by atoms with Crippen LogP contribution in [0.25, 0.3) is 10.9 Å². The van der Waals surface area contributed by atoms with Crippen LogP contribution in [0, 0.1) is 0 Å². The quantitative estimate of drug-likeness (QED) is 0.920. The van der Waals surface area contributed by atoms with Crippen molar-refractivity contribution in [3.05, 3.63) is 35.9 Å². The number of ether oxygens (including phenoxy) is 1. The lowest BCUT2D eigenvalue weighted by Gasteiger charge is -2.21. The minimum atomic E-state index is -0.117. The minimum Gasteiger partial charge on any atom is -0.481 e. The molecule has 1 amide bonds. The Morgan fingerprint density at radius 1 is 1.39 bits per heavy atom. The highest BCUT2D eigenvalue weighted by atomic mass is 16.5. The molecule has 1 saturated heterocycles. The molecule has 1 aliphatic rings. The normalized spacial score (nSPS) is 18.2. The molecule has 1 fully saturated rings. The van der Waals surface area contributed by atoms with Crippen molar-refractivity contribution in [1.82, 2.24) is 15.2 Å². The van der Waals surface area contributed by atoms with Crippen molar-refractivity contribution >= 4 is 16.8 Å². The first-order valence-electron chi connectivity index (χ1n) is 8.06. The summed E-state index contributed by atoms with van der Waals surface area (Å²) in [4.78, 5) is 18.8. The minimum absolute atomic E-state index is 0.117. The van der Waals surface area contributed by atoms with Crippen molar-refractivity contribution in [1.29, 1.82) is 0 Å². The van der Waals surface area contributed by atoms with Gasteiger partial charge in [0.2, 0.25) is 11.8 Å². The third-order valence-corrected chi connectivity index (χ3v) is 4.36. The van der Waals surface area contributed by atoms with Gasteiger partial charge in [-0.2, -0.15) is 0 Å². The highest BCUT2D eigenvalue weighted by Crippen LogP contribution is 2.23. The summed E-state index contributed by atoms with van der Waals surface area (Å²) < 4.78 is 5.41. The number of rotatable bonds is 5. The van der Waals surface area contributed by atoms with Crippen molar-refractivity contribution in [2.75, 3.05) is 13.7 Å². The molecule has 2 heterocycles. The number of aromatic nitrogens is 1. The highest BCUT2D eigenvalue weighted by molar-refractivity contribution is 5.84. The van der Waals surface area contributed by atoms with Crippen LogP contribution in [-0.2, 0) is 11.3 Å². The number of fused-ring (bicyclic) bond motifs is 1. The van der Waals surface area contributed by atoms with Crippen LogP contribution < -0.4 is 10.1 Å². The lowest BCUT2D eigenvalue weighted by Crippen LogP contribution is -2.40. The summed E-state index contributed by atoms with van der Waals surface area (Å²) in [6, 6.07) is 10.2. The highest BCUT2D eigenvalue weighted by Gasteiger charge is 2.32. The van der Waals surface area contributed by atoms with Crippen LogP contribution in [-0.4, -0.2) is 41.5 Å². The van der Waals surface area contributed by atoms with Crippen LogP contribution >= 0.6 is 0 Å². The number of hydrogen-bond donors (Lipinski definition) is 1. The number of nitrogens with one attached hydrogen (secondary N) is 1. The van der Waals surface area contributed by atoms with Crippen molar-refractivity contribution < 1.29 is 9.53 Å². The third kappa shape index (κ3) is 3.15. The van der Waals surface area contributed by atoms with Gasteiger partial charge in [-0.1, -0.05) is 18.2 Å². The number of methoxy groups -OCH3 is 1. The number of pyridine rings is 1. The van der Waals surface area contributed by atoms with Gasteiger partial charge < -0.3 is 15.0 Å². The zero-order chi connectivity index (χ0) is 16.4. The number of amides is 1. The molecule has 0 saturated carbocycles. The Bertz CT molecular complexity index is 714. The summed E-state index contributed by atoms with van der Waals surface area (Å²) in [6.45, 7) is 5.50. The van der Waals surface area contributed by atoms with E-state index in [1.807, 2.05) is 29.2 Å². The number of hydrogen-bond acceptors (Lipinski definition) is 4. The number of nitrogens with zero attached hydrogens (tertiary/aromatic N) is 2. The molecular weight excluding hydrogens is 290 g/mol. The van der Waals surface area contributed by atoms with Crippen LogP contribution in [0.1, 0.15) is 25.8 Å². The Labute approximate surface area is 136 Å². The molecule has 0 radical (unpaired) electrons. The lowest BCUT2D eigenvalue weighted by atomic mass is 10.1. The first-order valence-corrected chi connectivity index (χ1v) is 8.06. The number of carbonyl (C=O) groups is 1. The molecule has 0 bridgehead atoms. The Morgan fingerprint density at radius 2 is 2.17 bits per heavy atom. The van der Waals surface area contributed by atoms with Gasteiger partial charge in [-0.05, 0) is 32.4 Å². The van der Waals surface area contributed by atoms with Crippen molar-refractivity contribution in [3.63, 3.8) is 0 Å². The second-order valence-electron chi connectivity index (χ2n) is 6.20. The second-order valence-corrected chi connectivity index (χ2v) is 6.20. The van der Waals surface area contributed by atoms with E-state index >= 15 is 0 Å². The maximum Gasteiger partial charge on any atom is 0.240 e. The van der Waals surface area contributed by atoms with Gasteiger partial charge in [0.1, 0.15) is 0 Å². The molecule has 1 aromatic heterocycles. The summed E-state index contributed by atoms with van der Waals surface area (Å²) in [5, 5.41) is 4.44. The summed E-state index contributed by atoms with van der Waals surface area (Å²) in [5.74, 6) is 0.801. The van der Waals surface area contributed by atoms with E-state index in [1.165, 1.54) is 0 Å². The van der Waals surface area contributed by atoms with Gasteiger partial charge in [0, 0.05) is 30.1 Å². The topological polar surface area (TPSA) is 54.5 Å². The average molecular weight is 313 g/mol. The number of para-hydroxylation sites is 1. The summed E-state index contributed by atoms with van der Waals surface area (Å²) >= 11 is 0. The van der Waals surface area contributed by atoms with Crippen LogP contribution in [0.5, 0.6) is 5.88 Å². The number of likely N-dealkylation sites (tertiary alicyclic amines) is 1. The fraction of sp³-hybridized carbons (Fsp3) is 0.444. The standard InChI is InChI=1S/C18H23N3O2/c1-12(2)21-9-8-16(18(21)22)19-11-14-10-13-6-4-5-7-15(13)20-17(14)23-3/h4-7,10,12,16,19H,8-9,11H2,1-3H3. The van der Waals surface area contributed by atoms with Crippen LogP contribution in [0.3, 0.4) is 0 Å². The molecule has 1 aliphatic heterocycles. The monoisotopic (exact) mass is 313 g/mol. The molecule has 3 rings (SSSR count). The first-order chi connectivity index (χ1) is 11.1. The molecule has 5 heteroatoms. The Kier molecular flexibility index (Phi) is 4.48. The smallest absolute Gasteiger partial charge is 0.240 e. The molecule has 5 nitrogen and oxygen atoms in total. The van der Waals surface area contributed by atoms with Gasteiger partial charge >= 0.3 is 0 Å². The lowest BCUT2D eigenvalue weighted by molar-refractivity contribution is -0.130. The fourth-order valence-electron chi connectivity index (χ4n) is 3.08. The van der Waals surface area contributed by atoms with Crippen molar-refractivity contribution in [3.8, 4) is 5.88 Å². The van der Waals surface area contributed by atoms with Gasteiger partial charge in [-0.25, -0.2) is 4.98 Å². The molecule has 0 aliphatic carbocycles. The number of benzene rings is 1. The van der Waals surface area contributed by atoms with Gasteiger partial charge in [0.15, 0.2) is 0 Å². The summed E-state index contributed by atoms with van der Waals surface area (Å²) in [5.41, 5.74) is 1.89. The Hall–Kier alpha value is -2.14. The van der Waals surface area contributed by atoms with Crippen molar-refractivity contribution in [2.45, 2.75) is 38.9 Å². The van der Waals surface area contributed by atoms with Gasteiger partial charge in [0.25, 0.3) is 0 Å². The fourth-order valence-corrected chi connectivity index (χ4v) is 3.08. The van der Waals surface area contributed by atoms with Crippen LogP contribution in [0.2, 0.25) is 0 Å². The van der Waals surface area contributed by atoms with E-state index in [1.54, 1.807) is 7.11 Å². The third-order valence-electron chi connectivity index (χ3n) is 4.36. The van der Waals surface area contributed by atoms with Gasteiger partial charge in [0.05, 0.1) is 18.7 Å². The molecule has 1 aromatic carbocycles. The molecule has 1 atom stereocenters. The van der Waals surface area contributed by atoms with E-state index in [2.05, 4.69) is 30.2 Å². The summed E-state index contributed by atoms with van der Waals surface area (Å²) in [6.07, 6.45) is 0.848.